The molecule has 2 aromatic carbocycles. The lowest BCUT2D eigenvalue weighted by atomic mass is 10.1. The molecule has 1 fully saturated rings. The molecule has 2 heterocycles. The summed E-state index contributed by atoms with van der Waals surface area (Å²) in [6, 6.07) is 12.2. The van der Waals surface area contributed by atoms with Gasteiger partial charge in [0.15, 0.2) is 0 Å². The Labute approximate surface area is 188 Å². The second-order valence-corrected chi connectivity index (χ2v) is 9.74. The second kappa shape index (κ2) is 9.98. The first-order valence-electron chi connectivity index (χ1n) is 9.96. The van der Waals surface area contributed by atoms with E-state index in [2.05, 4.69) is 4.98 Å². The number of hydrogen-bond acceptors (Lipinski definition) is 5. The Balaban J connectivity index is 1.18. The van der Waals surface area contributed by atoms with Crippen LogP contribution < -0.4 is 4.74 Å². The predicted octanol–water partition coefficient (Wildman–Crippen LogP) is 6.03. The van der Waals surface area contributed by atoms with Gasteiger partial charge >= 0.3 is 0 Å². The van der Waals surface area contributed by atoms with Crippen molar-refractivity contribution >= 4 is 50.8 Å². The standard InChI is InChI=1S/C22H22ClFN2O2S2/c23-18-3-1-4-19-21(18)25-22(30-19)28-16-10-12-26(13-11-16)20(27)5-2-14-29-17-8-6-15(24)7-9-17/h1,3-4,6-9,16H,2,5,10-14H2. The number of carbonyl (C=O) groups is 1. The van der Waals surface area contributed by atoms with Crippen molar-refractivity contribution in [2.75, 3.05) is 18.8 Å². The molecule has 0 radical (unpaired) electrons. The van der Waals surface area contributed by atoms with Gasteiger partial charge in [-0.05, 0) is 48.6 Å². The number of benzene rings is 2. The van der Waals surface area contributed by atoms with E-state index in [9.17, 15) is 9.18 Å². The van der Waals surface area contributed by atoms with Crippen LogP contribution in [0.15, 0.2) is 47.4 Å². The van der Waals surface area contributed by atoms with Crippen molar-refractivity contribution in [2.45, 2.75) is 36.7 Å². The van der Waals surface area contributed by atoms with Crippen molar-refractivity contribution in [1.82, 2.24) is 9.88 Å². The SMILES string of the molecule is O=C(CCCSc1ccc(F)cc1)N1CCC(Oc2nc3c(Cl)cccc3s2)CC1. The summed E-state index contributed by atoms with van der Waals surface area (Å²) in [5.41, 5.74) is 0.783. The summed E-state index contributed by atoms with van der Waals surface area (Å²) in [7, 11) is 0. The van der Waals surface area contributed by atoms with Gasteiger partial charge in [-0.2, -0.15) is 0 Å². The van der Waals surface area contributed by atoms with E-state index >= 15 is 0 Å². The minimum atomic E-state index is -0.228. The number of halogens is 2. The van der Waals surface area contributed by atoms with Gasteiger partial charge in [0, 0.05) is 37.2 Å². The Morgan fingerprint density at radius 3 is 2.73 bits per heavy atom. The number of nitrogens with zero attached hydrogens (tertiary/aromatic N) is 2. The molecular formula is C22H22ClFN2O2S2. The third-order valence-electron chi connectivity index (χ3n) is 5.03. The number of piperidine rings is 1. The van der Waals surface area contributed by atoms with Crippen molar-refractivity contribution < 1.29 is 13.9 Å². The normalized spacial score (nSPS) is 14.9. The third kappa shape index (κ3) is 5.45. The summed E-state index contributed by atoms with van der Waals surface area (Å²) in [5.74, 6) is 0.811. The first-order chi connectivity index (χ1) is 14.6. The Morgan fingerprint density at radius 1 is 1.23 bits per heavy atom. The van der Waals surface area contributed by atoms with E-state index in [0.29, 0.717) is 29.7 Å². The molecule has 0 spiro atoms. The summed E-state index contributed by atoms with van der Waals surface area (Å²) in [5, 5.41) is 1.28. The van der Waals surface area contributed by atoms with Crippen LogP contribution in [0.4, 0.5) is 4.39 Å². The molecule has 4 rings (SSSR count). The minimum absolute atomic E-state index is 0.0717. The van der Waals surface area contributed by atoms with Gasteiger partial charge in [-0.25, -0.2) is 9.37 Å². The smallest absolute Gasteiger partial charge is 0.274 e. The van der Waals surface area contributed by atoms with Crippen LogP contribution >= 0.6 is 34.7 Å². The molecular weight excluding hydrogens is 443 g/mol. The number of rotatable bonds is 7. The zero-order valence-corrected chi connectivity index (χ0v) is 18.7. The summed E-state index contributed by atoms with van der Waals surface area (Å²) >= 11 is 9.34. The largest absolute Gasteiger partial charge is 0.467 e. The van der Waals surface area contributed by atoms with Crippen molar-refractivity contribution in [3.05, 3.63) is 53.3 Å². The molecule has 0 aliphatic carbocycles. The Bertz CT molecular complexity index is 1000. The van der Waals surface area contributed by atoms with E-state index in [1.807, 2.05) is 23.1 Å². The zero-order valence-electron chi connectivity index (χ0n) is 16.4. The maximum absolute atomic E-state index is 12.9. The number of hydrogen-bond donors (Lipinski definition) is 0. The fourth-order valence-corrected chi connectivity index (χ4v) is 5.45. The molecule has 1 saturated heterocycles. The molecule has 4 nitrogen and oxygen atoms in total. The van der Waals surface area contributed by atoms with Crippen LogP contribution in [0, 0.1) is 5.82 Å². The molecule has 8 heteroatoms. The first kappa shape index (κ1) is 21.4. The highest BCUT2D eigenvalue weighted by Crippen LogP contribution is 2.33. The van der Waals surface area contributed by atoms with Crippen molar-refractivity contribution in [3.8, 4) is 5.19 Å². The Hall–Kier alpha value is -1.83. The molecule has 30 heavy (non-hydrogen) atoms. The molecule has 0 bridgehead atoms. The zero-order chi connectivity index (χ0) is 20.9. The van der Waals surface area contributed by atoms with Gasteiger partial charge in [0.2, 0.25) is 5.91 Å². The summed E-state index contributed by atoms with van der Waals surface area (Å²) in [6.45, 7) is 1.42. The van der Waals surface area contributed by atoms with Crippen LogP contribution in [0.5, 0.6) is 5.19 Å². The summed E-state index contributed by atoms with van der Waals surface area (Å²) < 4.78 is 20.0. The van der Waals surface area contributed by atoms with E-state index in [1.165, 1.54) is 23.5 Å². The number of amides is 1. The molecule has 1 amide bonds. The first-order valence-corrected chi connectivity index (χ1v) is 12.1. The van der Waals surface area contributed by atoms with Gasteiger partial charge in [-0.15, -0.1) is 11.8 Å². The number of likely N-dealkylation sites (tertiary alicyclic amines) is 1. The molecule has 1 aliphatic heterocycles. The highest BCUT2D eigenvalue weighted by Gasteiger charge is 2.24. The highest BCUT2D eigenvalue weighted by molar-refractivity contribution is 7.99. The van der Waals surface area contributed by atoms with Crippen LogP contribution in [0.25, 0.3) is 10.2 Å². The lowest BCUT2D eigenvalue weighted by Crippen LogP contribution is -2.41. The van der Waals surface area contributed by atoms with E-state index in [-0.39, 0.29) is 17.8 Å². The maximum atomic E-state index is 12.9. The van der Waals surface area contributed by atoms with Crippen LogP contribution in [-0.4, -0.2) is 40.7 Å². The van der Waals surface area contributed by atoms with E-state index in [1.54, 1.807) is 23.9 Å². The quantitative estimate of drug-likeness (QED) is 0.316. The number of thiazole rings is 1. The second-order valence-electron chi connectivity index (χ2n) is 7.17. The summed E-state index contributed by atoms with van der Waals surface area (Å²) in [4.78, 5) is 19.9. The molecule has 3 aromatic rings. The monoisotopic (exact) mass is 464 g/mol. The van der Waals surface area contributed by atoms with Gasteiger partial charge in [0.05, 0.1) is 9.72 Å². The molecule has 0 saturated carbocycles. The number of para-hydroxylation sites is 1. The van der Waals surface area contributed by atoms with Crippen molar-refractivity contribution in [2.24, 2.45) is 0 Å². The topological polar surface area (TPSA) is 42.4 Å². The maximum Gasteiger partial charge on any atom is 0.274 e. The van der Waals surface area contributed by atoms with Crippen LogP contribution in [0.3, 0.4) is 0 Å². The number of ether oxygens (including phenoxy) is 1. The molecule has 1 aromatic heterocycles. The minimum Gasteiger partial charge on any atom is -0.467 e. The lowest BCUT2D eigenvalue weighted by molar-refractivity contribution is -0.133. The van der Waals surface area contributed by atoms with E-state index in [0.717, 1.165) is 40.1 Å². The molecule has 158 valence electrons. The Kier molecular flexibility index (Phi) is 7.12. The number of fused-ring (bicyclic) bond motifs is 1. The predicted molar refractivity (Wildman–Crippen MR) is 121 cm³/mol. The molecule has 1 aliphatic rings. The average Bonchev–Trinajstić information content (AvgIpc) is 3.17. The number of carbonyl (C=O) groups excluding carboxylic acids is 1. The lowest BCUT2D eigenvalue weighted by Gasteiger charge is -2.31. The van der Waals surface area contributed by atoms with Gasteiger partial charge in [0.25, 0.3) is 5.19 Å². The Morgan fingerprint density at radius 2 is 2.00 bits per heavy atom. The van der Waals surface area contributed by atoms with Gasteiger partial charge in [-0.3, -0.25) is 4.79 Å². The third-order valence-corrected chi connectivity index (χ3v) is 7.34. The molecule has 0 unspecified atom stereocenters. The highest BCUT2D eigenvalue weighted by atomic mass is 35.5. The van der Waals surface area contributed by atoms with Crippen molar-refractivity contribution in [3.63, 3.8) is 0 Å². The molecule has 0 N–H and O–H groups in total. The van der Waals surface area contributed by atoms with Crippen LogP contribution in [0.1, 0.15) is 25.7 Å². The van der Waals surface area contributed by atoms with Gasteiger partial charge < -0.3 is 9.64 Å². The average molecular weight is 465 g/mol. The summed E-state index contributed by atoms with van der Waals surface area (Å²) in [6.07, 6.45) is 3.03. The van der Waals surface area contributed by atoms with E-state index in [4.69, 9.17) is 16.3 Å². The number of thioether (sulfide) groups is 1. The van der Waals surface area contributed by atoms with Gasteiger partial charge in [0.1, 0.15) is 17.4 Å². The van der Waals surface area contributed by atoms with Crippen LogP contribution in [-0.2, 0) is 4.79 Å². The van der Waals surface area contributed by atoms with Crippen molar-refractivity contribution in [1.29, 1.82) is 0 Å². The number of aromatic nitrogens is 1. The van der Waals surface area contributed by atoms with Crippen LogP contribution in [0.2, 0.25) is 5.02 Å². The fraction of sp³-hybridized carbons (Fsp3) is 0.364. The fourth-order valence-electron chi connectivity index (χ4n) is 3.41. The van der Waals surface area contributed by atoms with E-state index < -0.39 is 0 Å². The van der Waals surface area contributed by atoms with Gasteiger partial charge in [-0.1, -0.05) is 29.0 Å². The molecule has 0 atom stereocenters.